The van der Waals surface area contributed by atoms with Crippen LogP contribution in [0.4, 0.5) is 0 Å². The van der Waals surface area contributed by atoms with Crippen LogP contribution in [0.5, 0.6) is 0 Å². The minimum absolute atomic E-state index is 0.0556. The molecule has 0 N–H and O–H groups in total. The molecule has 3 aromatic rings. The molecule has 1 amide bonds. The molecule has 6 nitrogen and oxygen atoms in total. The molecule has 2 unspecified atom stereocenters. The number of amides is 1. The third-order valence-corrected chi connectivity index (χ3v) is 8.22. The van der Waals surface area contributed by atoms with Crippen LogP contribution in [0.3, 0.4) is 0 Å². The molecule has 1 aliphatic heterocycles. The van der Waals surface area contributed by atoms with E-state index in [-0.39, 0.29) is 6.41 Å². The van der Waals surface area contributed by atoms with Gasteiger partial charge in [-0.15, -0.1) is 27.6 Å². The summed E-state index contributed by atoms with van der Waals surface area (Å²) in [6.07, 6.45) is 7.92. The first-order valence-corrected chi connectivity index (χ1v) is 14.5. The molecule has 4 heterocycles. The van der Waals surface area contributed by atoms with Crippen LogP contribution in [-0.4, -0.2) is 34.4 Å². The molecule has 0 radical (unpaired) electrons. The lowest BCUT2D eigenvalue weighted by molar-refractivity contribution is -0.106. The first kappa shape index (κ1) is 29.9. The van der Waals surface area contributed by atoms with E-state index in [1.54, 1.807) is 27.9 Å². The summed E-state index contributed by atoms with van der Waals surface area (Å²) in [6.45, 7) is 17.0. The van der Waals surface area contributed by atoms with Crippen molar-refractivity contribution in [2.24, 2.45) is 22.4 Å². The zero-order valence-electron chi connectivity index (χ0n) is 22.4. The molecular weight excluding hydrogens is 488 g/mol. The average Bonchev–Trinajstić information content (AvgIpc) is 3.58. The Labute approximate surface area is 224 Å². The normalized spacial score (nSPS) is 17.8. The third-order valence-electron chi connectivity index (χ3n) is 6.30. The van der Waals surface area contributed by atoms with Crippen molar-refractivity contribution >= 4 is 29.1 Å². The van der Waals surface area contributed by atoms with E-state index >= 15 is 0 Å². The second-order valence-corrected chi connectivity index (χ2v) is 12.0. The minimum atomic E-state index is -0.0556. The van der Waals surface area contributed by atoms with E-state index in [2.05, 4.69) is 73.4 Å². The molecule has 2 atom stereocenters. The predicted octanol–water partition coefficient (Wildman–Crippen LogP) is 8.15. The fourth-order valence-electron chi connectivity index (χ4n) is 4.54. The molecule has 0 saturated carbocycles. The Morgan fingerprint density at radius 2 is 1.94 bits per heavy atom. The van der Waals surface area contributed by atoms with E-state index in [0.29, 0.717) is 5.41 Å². The van der Waals surface area contributed by atoms with Gasteiger partial charge >= 0.3 is 0 Å². The molecule has 0 aliphatic carbocycles. The Morgan fingerprint density at radius 3 is 2.56 bits per heavy atom. The molecule has 8 heteroatoms. The van der Waals surface area contributed by atoms with Gasteiger partial charge in [-0.1, -0.05) is 54.0 Å². The van der Waals surface area contributed by atoms with Crippen molar-refractivity contribution in [2.75, 3.05) is 13.1 Å². The van der Waals surface area contributed by atoms with Crippen LogP contribution >= 0.6 is 22.7 Å². The van der Waals surface area contributed by atoms with Crippen molar-refractivity contribution in [1.82, 2.24) is 14.9 Å². The van der Waals surface area contributed by atoms with Crippen molar-refractivity contribution < 1.29 is 4.79 Å². The number of rotatable bonds is 7. The van der Waals surface area contributed by atoms with Gasteiger partial charge < -0.3 is 0 Å². The van der Waals surface area contributed by atoms with Crippen LogP contribution in [0, 0.1) is 22.2 Å². The smallest absolute Gasteiger partial charge is 0.274 e. The number of thiophene rings is 1. The highest BCUT2D eigenvalue weighted by atomic mass is 32.1. The van der Waals surface area contributed by atoms with Gasteiger partial charge in [0, 0.05) is 47.0 Å². The van der Waals surface area contributed by atoms with Crippen molar-refractivity contribution in [3.8, 4) is 21.1 Å². The molecule has 0 bridgehead atoms. The average molecular weight is 529 g/mol. The number of nitrogens with zero attached hydrogens (tertiary/aromatic N) is 4. The zero-order chi connectivity index (χ0) is 26.6. The maximum Gasteiger partial charge on any atom is 0.274 e. The lowest BCUT2D eigenvalue weighted by Gasteiger charge is -2.43. The quantitative estimate of drug-likeness (QED) is 0.228. The van der Waals surface area contributed by atoms with E-state index in [1.165, 1.54) is 47.7 Å². The Morgan fingerprint density at radius 1 is 1.19 bits per heavy atom. The zero-order valence-corrected chi connectivity index (χ0v) is 24.1. The summed E-state index contributed by atoms with van der Waals surface area (Å²) >= 11 is 3.56. The molecule has 4 rings (SSSR count). The van der Waals surface area contributed by atoms with Gasteiger partial charge in [0.1, 0.15) is 5.01 Å². The van der Waals surface area contributed by atoms with E-state index < -0.39 is 0 Å². The van der Waals surface area contributed by atoms with E-state index in [4.69, 9.17) is 14.7 Å². The standard InChI is InChI=1S/C25H33N3S2.C2H6.CHNO2/c1-5-7-18-12-20(25(2,3)4)16-28(15-18)17-21-14-27-24(30-21)22-13-19(9-10-26-22)23-8-6-11-29-23;1-2;3-1-2-4/h6,8-11,13-14,18,20H,5,7,12,15-17H2,1-4H3;1-2H3;1H. The van der Waals surface area contributed by atoms with Crippen molar-refractivity contribution in [1.29, 1.82) is 0 Å². The SMILES string of the molecule is CC.CCCC1CC(C(C)(C)C)CN(Cc2cnc(-c3cc(-c4cccs4)ccn3)s2)C1.O=CN=O. The van der Waals surface area contributed by atoms with Gasteiger partial charge in [0.2, 0.25) is 0 Å². The summed E-state index contributed by atoms with van der Waals surface area (Å²) in [6, 6.07) is 8.50. The Bertz CT molecular complexity index is 1040. The van der Waals surface area contributed by atoms with Crippen molar-refractivity contribution in [3.63, 3.8) is 0 Å². The number of carbonyl (C=O) groups excluding carboxylic acids is 1. The molecule has 1 saturated heterocycles. The number of hydrogen-bond acceptors (Lipinski definition) is 7. The molecule has 0 aromatic carbocycles. The minimum Gasteiger partial charge on any atom is -0.298 e. The Hall–Kier alpha value is -2.29. The first-order valence-electron chi connectivity index (χ1n) is 12.8. The fourth-order valence-corrected chi connectivity index (χ4v) is 6.19. The third kappa shape index (κ3) is 8.98. The number of aromatic nitrogens is 2. The molecule has 196 valence electrons. The van der Waals surface area contributed by atoms with Crippen molar-refractivity contribution in [2.45, 2.75) is 67.3 Å². The predicted molar refractivity (Wildman–Crippen MR) is 153 cm³/mol. The summed E-state index contributed by atoms with van der Waals surface area (Å²) in [5.74, 6) is 1.59. The molecule has 1 fully saturated rings. The highest BCUT2D eigenvalue weighted by Crippen LogP contribution is 2.38. The highest BCUT2D eigenvalue weighted by Gasteiger charge is 2.34. The largest absolute Gasteiger partial charge is 0.298 e. The van der Waals surface area contributed by atoms with Crippen LogP contribution in [0.25, 0.3) is 21.1 Å². The van der Waals surface area contributed by atoms with Crippen LogP contribution in [-0.2, 0) is 11.3 Å². The lowest BCUT2D eigenvalue weighted by atomic mass is 9.72. The number of piperidine rings is 1. The van der Waals surface area contributed by atoms with Gasteiger partial charge in [-0.2, -0.15) is 0 Å². The fraction of sp³-hybridized carbons (Fsp3) is 0.536. The molecule has 3 aromatic heterocycles. The Kier molecular flexibility index (Phi) is 12.5. The first-order chi connectivity index (χ1) is 17.3. The molecular formula is C28H40N4O2S2. The summed E-state index contributed by atoms with van der Waals surface area (Å²) in [4.78, 5) is 31.9. The summed E-state index contributed by atoms with van der Waals surface area (Å²) in [7, 11) is 0. The number of likely N-dealkylation sites (tertiary alicyclic amines) is 1. The maximum absolute atomic E-state index is 8.69. The van der Waals surface area contributed by atoms with Gasteiger partial charge in [-0.05, 0) is 59.2 Å². The second-order valence-electron chi connectivity index (χ2n) is 9.90. The van der Waals surface area contributed by atoms with Crippen LogP contribution in [0.1, 0.15) is 65.7 Å². The summed E-state index contributed by atoms with van der Waals surface area (Å²) < 4.78 is 0. The van der Waals surface area contributed by atoms with Crippen molar-refractivity contribution in [3.05, 3.63) is 51.8 Å². The molecule has 36 heavy (non-hydrogen) atoms. The highest BCUT2D eigenvalue weighted by molar-refractivity contribution is 7.15. The van der Waals surface area contributed by atoms with E-state index in [1.807, 2.05) is 20.0 Å². The van der Waals surface area contributed by atoms with E-state index in [0.717, 1.165) is 29.1 Å². The van der Waals surface area contributed by atoms with Gasteiger partial charge in [0.05, 0.1) is 5.69 Å². The summed E-state index contributed by atoms with van der Waals surface area (Å²) in [5, 5.41) is 4.95. The monoisotopic (exact) mass is 528 g/mol. The van der Waals surface area contributed by atoms with Crippen LogP contribution in [0.15, 0.2) is 47.2 Å². The molecule has 1 aliphatic rings. The number of carbonyl (C=O) groups is 1. The van der Waals surface area contributed by atoms with Gasteiger partial charge in [-0.25, -0.2) is 4.98 Å². The van der Waals surface area contributed by atoms with Crippen LogP contribution < -0.4 is 0 Å². The number of hydrogen-bond donors (Lipinski definition) is 0. The number of nitroso groups, excluding NO2 is 1. The lowest BCUT2D eigenvalue weighted by Crippen LogP contribution is -2.44. The van der Waals surface area contributed by atoms with Crippen LogP contribution in [0.2, 0.25) is 0 Å². The number of pyridine rings is 1. The van der Waals surface area contributed by atoms with Gasteiger partial charge in [0.25, 0.3) is 6.41 Å². The van der Waals surface area contributed by atoms with Gasteiger partial charge in [-0.3, -0.25) is 14.7 Å². The molecule has 0 spiro atoms. The van der Waals surface area contributed by atoms with E-state index in [9.17, 15) is 0 Å². The maximum atomic E-state index is 8.69. The number of thiazole rings is 1. The van der Waals surface area contributed by atoms with Gasteiger partial charge in [0.15, 0.2) is 0 Å². The Balaban J connectivity index is 0.000000694. The topological polar surface area (TPSA) is 75.5 Å². The summed E-state index contributed by atoms with van der Waals surface area (Å²) in [5.41, 5.74) is 2.57. The second kappa shape index (κ2) is 15.1.